The molecule has 1 aromatic carbocycles. The molecule has 0 aliphatic carbocycles. The van der Waals surface area contributed by atoms with Crippen LogP contribution in [0.2, 0.25) is 0 Å². The smallest absolute Gasteiger partial charge is 0.162 e. The average Bonchev–Trinajstić information content (AvgIpc) is 2.29. The van der Waals surface area contributed by atoms with E-state index in [2.05, 4.69) is 0 Å². The summed E-state index contributed by atoms with van der Waals surface area (Å²) in [5.74, 6) is 0.224. The van der Waals surface area contributed by atoms with Crippen LogP contribution in [0.4, 0.5) is 0 Å². The van der Waals surface area contributed by atoms with E-state index in [0.29, 0.717) is 6.42 Å². The summed E-state index contributed by atoms with van der Waals surface area (Å²) in [5.41, 5.74) is 0.760. The molecule has 2 nitrogen and oxygen atoms in total. The number of carbonyl (C=O) groups is 2. The van der Waals surface area contributed by atoms with Crippen LogP contribution >= 0.6 is 0 Å². The Labute approximate surface area is 90.3 Å². The van der Waals surface area contributed by atoms with Gasteiger partial charge in [0.2, 0.25) is 0 Å². The lowest BCUT2D eigenvalue weighted by atomic mass is 10.0. The fraction of sp³-hybridized carbons (Fsp3) is 0.385. The number of ketones is 1. The molecule has 1 unspecified atom stereocenters. The van der Waals surface area contributed by atoms with E-state index in [1.54, 1.807) is 0 Å². The van der Waals surface area contributed by atoms with Crippen molar-refractivity contribution in [3.8, 4) is 0 Å². The van der Waals surface area contributed by atoms with E-state index in [9.17, 15) is 9.59 Å². The minimum absolute atomic E-state index is 0.0635. The third-order valence-corrected chi connectivity index (χ3v) is 2.39. The maximum Gasteiger partial charge on any atom is 0.162 e. The number of carbonyl (C=O) groups excluding carboxylic acids is 2. The Morgan fingerprint density at radius 2 is 2.00 bits per heavy atom. The molecule has 0 heterocycles. The van der Waals surface area contributed by atoms with Gasteiger partial charge in [0.1, 0.15) is 6.29 Å². The maximum atomic E-state index is 11.6. The van der Waals surface area contributed by atoms with Crippen molar-refractivity contribution in [1.29, 1.82) is 0 Å². The molecule has 0 saturated carbocycles. The van der Waals surface area contributed by atoms with Crippen LogP contribution < -0.4 is 0 Å². The number of Topliss-reactive ketones (excluding diaryl/α,β-unsaturated/α-hetero) is 1. The highest BCUT2D eigenvalue weighted by atomic mass is 16.1. The summed E-state index contributed by atoms with van der Waals surface area (Å²) < 4.78 is 0. The number of hydrogen-bond acceptors (Lipinski definition) is 2. The van der Waals surface area contributed by atoms with Gasteiger partial charge < -0.3 is 4.79 Å². The number of benzene rings is 1. The largest absolute Gasteiger partial charge is 0.303 e. The monoisotopic (exact) mass is 204 g/mol. The Hall–Kier alpha value is -1.44. The molecule has 0 aliphatic rings. The fourth-order valence-electron chi connectivity index (χ4n) is 1.42. The molecule has 0 fully saturated rings. The van der Waals surface area contributed by atoms with Gasteiger partial charge in [-0.05, 0) is 12.8 Å². The molecule has 0 saturated heterocycles. The minimum atomic E-state index is 0.0635. The molecule has 0 N–H and O–H groups in total. The standard InChI is InChI=1S/C13H16O2/c1-11(10-14)6-5-9-13(15)12-7-3-2-4-8-12/h2-4,7-8,10-11H,5-6,9H2,1H3. The highest BCUT2D eigenvalue weighted by Crippen LogP contribution is 2.09. The number of aldehydes is 1. The topological polar surface area (TPSA) is 34.1 Å². The third kappa shape index (κ3) is 4.07. The van der Waals surface area contributed by atoms with Gasteiger partial charge in [0, 0.05) is 17.9 Å². The van der Waals surface area contributed by atoms with E-state index >= 15 is 0 Å². The summed E-state index contributed by atoms with van der Waals surface area (Å²) in [6.07, 6.45) is 3.05. The van der Waals surface area contributed by atoms with Gasteiger partial charge in [-0.3, -0.25) is 4.79 Å². The Morgan fingerprint density at radius 1 is 1.33 bits per heavy atom. The summed E-state index contributed by atoms with van der Waals surface area (Å²) in [5, 5.41) is 0. The fourth-order valence-corrected chi connectivity index (χ4v) is 1.42. The van der Waals surface area contributed by atoms with Gasteiger partial charge in [-0.1, -0.05) is 37.3 Å². The zero-order valence-corrected chi connectivity index (χ0v) is 8.98. The lowest BCUT2D eigenvalue weighted by Crippen LogP contribution is -2.01. The first-order valence-corrected chi connectivity index (χ1v) is 5.27. The first kappa shape index (κ1) is 11.6. The normalized spacial score (nSPS) is 12.1. The summed E-state index contributed by atoms with van der Waals surface area (Å²) in [6, 6.07) is 9.27. The van der Waals surface area contributed by atoms with Gasteiger partial charge >= 0.3 is 0 Å². The molecule has 0 bridgehead atoms. The van der Waals surface area contributed by atoms with Crippen molar-refractivity contribution < 1.29 is 9.59 Å². The highest BCUT2D eigenvalue weighted by Gasteiger charge is 2.06. The second-order valence-corrected chi connectivity index (χ2v) is 3.79. The molecule has 0 aromatic heterocycles. The molecule has 15 heavy (non-hydrogen) atoms. The van der Waals surface area contributed by atoms with Crippen LogP contribution in [0.25, 0.3) is 0 Å². The van der Waals surface area contributed by atoms with Crippen LogP contribution in [0.1, 0.15) is 36.5 Å². The highest BCUT2D eigenvalue weighted by molar-refractivity contribution is 5.95. The number of hydrogen-bond donors (Lipinski definition) is 0. The third-order valence-electron chi connectivity index (χ3n) is 2.39. The molecule has 2 heteroatoms. The lowest BCUT2D eigenvalue weighted by Gasteiger charge is -2.02. The van der Waals surface area contributed by atoms with Crippen molar-refractivity contribution >= 4 is 12.1 Å². The van der Waals surface area contributed by atoms with E-state index in [0.717, 1.165) is 24.7 Å². The molecule has 1 atom stereocenters. The summed E-state index contributed by atoms with van der Waals surface area (Å²) in [6.45, 7) is 1.87. The Bertz CT molecular complexity index is 317. The molecular weight excluding hydrogens is 188 g/mol. The Balaban J connectivity index is 2.34. The Morgan fingerprint density at radius 3 is 2.60 bits per heavy atom. The van der Waals surface area contributed by atoms with Gasteiger partial charge in [-0.15, -0.1) is 0 Å². The average molecular weight is 204 g/mol. The predicted molar refractivity (Wildman–Crippen MR) is 59.9 cm³/mol. The maximum absolute atomic E-state index is 11.6. The van der Waals surface area contributed by atoms with E-state index < -0.39 is 0 Å². The Kier molecular flexibility index (Phi) is 4.75. The summed E-state index contributed by atoms with van der Waals surface area (Å²) in [7, 11) is 0. The van der Waals surface area contributed by atoms with E-state index in [1.165, 1.54) is 0 Å². The second-order valence-electron chi connectivity index (χ2n) is 3.79. The van der Waals surface area contributed by atoms with Crippen LogP contribution in [-0.2, 0) is 4.79 Å². The van der Waals surface area contributed by atoms with E-state index in [-0.39, 0.29) is 11.7 Å². The lowest BCUT2D eigenvalue weighted by molar-refractivity contribution is -0.110. The van der Waals surface area contributed by atoms with Gasteiger partial charge in [0.15, 0.2) is 5.78 Å². The first-order valence-electron chi connectivity index (χ1n) is 5.27. The van der Waals surface area contributed by atoms with Gasteiger partial charge in [0.25, 0.3) is 0 Å². The van der Waals surface area contributed by atoms with Crippen LogP contribution in [0.15, 0.2) is 30.3 Å². The van der Waals surface area contributed by atoms with Crippen molar-refractivity contribution in [1.82, 2.24) is 0 Å². The minimum Gasteiger partial charge on any atom is -0.303 e. The van der Waals surface area contributed by atoms with Gasteiger partial charge in [-0.2, -0.15) is 0 Å². The molecule has 1 rings (SSSR count). The SMILES string of the molecule is CC(C=O)CCCC(=O)c1ccccc1. The van der Waals surface area contributed by atoms with Crippen molar-refractivity contribution in [3.05, 3.63) is 35.9 Å². The second kappa shape index (κ2) is 6.12. The van der Waals surface area contributed by atoms with Gasteiger partial charge in [0.05, 0.1) is 0 Å². The van der Waals surface area contributed by atoms with Gasteiger partial charge in [-0.25, -0.2) is 0 Å². The predicted octanol–water partition coefficient (Wildman–Crippen LogP) is 2.87. The quantitative estimate of drug-likeness (QED) is 0.527. The van der Waals surface area contributed by atoms with E-state index in [1.807, 2.05) is 37.3 Å². The molecule has 80 valence electrons. The molecule has 0 aliphatic heterocycles. The van der Waals surface area contributed by atoms with Crippen molar-refractivity contribution in [2.24, 2.45) is 5.92 Å². The molecule has 0 radical (unpaired) electrons. The molecular formula is C13H16O2. The zero-order valence-electron chi connectivity index (χ0n) is 8.98. The van der Waals surface area contributed by atoms with Crippen molar-refractivity contribution in [2.45, 2.75) is 26.2 Å². The summed E-state index contributed by atoms with van der Waals surface area (Å²) in [4.78, 5) is 22.0. The molecule has 0 spiro atoms. The van der Waals surface area contributed by atoms with Crippen LogP contribution in [-0.4, -0.2) is 12.1 Å². The van der Waals surface area contributed by atoms with Crippen molar-refractivity contribution in [3.63, 3.8) is 0 Å². The van der Waals surface area contributed by atoms with Crippen molar-refractivity contribution in [2.75, 3.05) is 0 Å². The van der Waals surface area contributed by atoms with E-state index in [4.69, 9.17) is 0 Å². The molecule has 0 amide bonds. The first-order chi connectivity index (χ1) is 7.24. The zero-order chi connectivity index (χ0) is 11.1. The van der Waals surface area contributed by atoms with Crippen LogP contribution in [0.3, 0.4) is 0 Å². The summed E-state index contributed by atoms with van der Waals surface area (Å²) >= 11 is 0. The number of rotatable bonds is 6. The molecule has 1 aromatic rings. The van der Waals surface area contributed by atoms with Crippen LogP contribution in [0, 0.1) is 5.92 Å². The van der Waals surface area contributed by atoms with Crippen LogP contribution in [0.5, 0.6) is 0 Å².